The van der Waals surface area contributed by atoms with Gasteiger partial charge in [0, 0.05) is 12.2 Å². The topological polar surface area (TPSA) is 40.5 Å². The van der Waals surface area contributed by atoms with Crippen LogP contribution in [0.25, 0.3) is 0 Å². The Morgan fingerprint density at radius 3 is 1.12 bits per heavy atom. The molecule has 0 unspecified atom stereocenters. The molecule has 17 heavy (non-hydrogen) atoms. The van der Waals surface area contributed by atoms with Gasteiger partial charge in [-0.15, -0.1) is 0 Å². The maximum Gasteiger partial charge on any atom is -0.0878 e. The first-order valence-corrected chi connectivity index (χ1v) is 7.41. The Balaban J connectivity index is -0.0000000667. The van der Waals surface area contributed by atoms with Crippen molar-refractivity contribution in [2.24, 2.45) is 5.41 Å². The second kappa shape index (κ2) is 18.7. The van der Waals surface area contributed by atoms with Crippen molar-refractivity contribution in [3.63, 3.8) is 0 Å². The Bertz CT molecular complexity index is 135. The van der Waals surface area contributed by atoms with E-state index in [4.69, 9.17) is 10.2 Å². The molecule has 2 N–H and O–H groups in total. The summed E-state index contributed by atoms with van der Waals surface area (Å²) in [5.74, 6) is 0. The van der Waals surface area contributed by atoms with E-state index in [1.807, 2.05) is 0 Å². The standard InChI is InChI=1S/C5H11.2C3H8O.C3H5.W/c1-5(2,3)4;2*1-3(2)4;1-3-2;/h1H2,2-4H3;2*3-4H,1-2H3;3H2,1H3;/q-1;;;;+1. The van der Waals surface area contributed by atoms with Gasteiger partial charge in [-0.3, -0.25) is 0 Å². The third-order valence-corrected chi connectivity index (χ3v) is 1.18. The van der Waals surface area contributed by atoms with Crippen molar-refractivity contribution >= 4 is 0 Å². The van der Waals surface area contributed by atoms with Crippen molar-refractivity contribution in [1.29, 1.82) is 0 Å². The molecule has 0 aliphatic heterocycles. The Labute approximate surface area is 120 Å². The molecular weight excluding hydrogens is 384 g/mol. The van der Waals surface area contributed by atoms with E-state index in [1.54, 1.807) is 27.7 Å². The Hall–Kier alpha value is 0.388. The molecule has 0 aromatic heterocycles. The van der Waals surface area contributed by atoms with Crippen LogP contribution in [0.3, 0.4) is 0 Å². The fourth-order valence-electron chi connectivity index (χ4n) is 0. The second-order valence-electron chi connectivity index (χ2n) is 5.25. The third kappa shape index (κ3) is 1760. The van der Waals surface area contributed by atoms with Gasteiger partial charge < -0.3 is 17.1 Å². The van der Waals surface area contributed by atoms with E-state index >= 15 is 0 Å². The molecule has 2 nitrogen and oxygen atoms in total. The minimum atomic E-state index is -0.167. The summed E-state index contributed by atoms with van der Waals surface area (Å²) >= 11 is 1.46. The molecular formula is C14H32O2W. The molecule has 0 aliphatic carbocycles. The van der Waals surface area contributed by atoms with Crippen molar-refractivity contribution in [3.05, 3.63) is 6.92 Å². The predicted octanol–water partition coefficient (Wildman–Crippen LogP) is 3.54. The van der Waals surface area contributed by atoms with Crippen LogP contribution in [0.4, 0.5) is 0 Å². The minimum absolute atomic E-state index is 0.167. The van der Waals surface area contributed by atoms with Crippen LogP contribution in [-0.4, -0.2) is 22.4 Å². The molecule has 0 aromatic carbocycles. The Morgan fingerprint density at radius 1 is 1.06 bits per heavy atom. The van der Waals surface area contributed by atoms with E-state index in [2.05, 4.69) is 38.8 Å². The molecule has 0 saturated carbocycles. The smallest absolute Gasteiger partial charge is 0.0878 e. The molecule has 0 rings (SSSR count). The average Bonchev–Trinajstić information content (AvgIpc) is 1.98. The molecule has 0 spiro atoms. The van der Waals surface area contributed by atoms with Gasteiger partial charge in [-0.25, -0.2) is 0 Å². The summed E-state index contributed by atoms with van der Waals surface area (Å²) in [6, 6.07) is 0. The van der Waals surface area contributed by atoms with Gasteiger partial charge in [-0.05, 0) is 27.7 Å². The largest absolute Gasteiger partial charge is 0.338 e. The second-order valence-corrected chi connectivity index (χ2v) is 6.28. The summed E-state index contributed by atoms with van der Waals surface area (Å²) in [7, 11) is 0. The maximum absolute atomic E-state index is 8.06. The maximum atomic E-state index is 8.06. The van der Waals surface area contributed by atoms with Crippen molar-refractivity contribution in [2.75, 3.05) is 0 Å². The van der Waals surface area contributed by atoms with Crippen molar-refractivity contribution in [2.45, 2.75) is 74.0 Å². The van der Waals surface area contributed by atoms with Crippen molar-refractivity contribution < 1.29 is 29.4 Å². The first kappa shape index (κ1) is 26.1. The van der Waals surface area contributed by atoms with Crippen LogP contribution in [0, 0.1) is 16.5 Å². The quantitative estimate of drug-likeness (QED) is 0.594. The fourth-order valence-corrected chi connectivity index (χ4v) is 0. The molecule has 0 aromatic rings. The Morgan fingerprint density at radius 2 is 1.12 bits per heavy atom. The van der Waals surface area contributed by atoms with Crippen molar-refractivity contribution in [3.8, 4) is 4.20 Å². The third-order valence-electron chi connectivity index (χ3n) is 0.144. The van der Waals surface area contributed by atoms with Gasteiger partial charge >= 0.3 is 36.7 Å². The molecule has 106 valence electrons. The molecule has 0 bridgehead atoms. The zero-order valence-electron chi connectivity index (χ0n) is 12.9. The van der Waals surface area contributed by atoms with Crippen LogP contribution in [0.1, 0.15) is 61.8 Å². The molecule has 0 aliphatic rings. The molecule has 0 fully saturated rings. The van der Waals surface area contributed by atoms with Crippen molar-refractivity contribution in [1.82, 2.24) is 0 Å². The van der Waals surface area contributed by atoms with Gasteiger partial charge in [-0.1, -0.05) is 20.8 Å². The normalized spacial score (nSPS) is 8.94. The van der Waals surface area contributed by atoms with Gasteiger partial charge in [0.05, 0.1) is 0 Å². The zero-order chi connectivity index (χ0) is 15.1. The summed E-state index contributed by atoms with van der Waals surface area (Å²) in [6.07, 6.45) is 0.773. The van der Waals surface area contributed by atoms with E-state index < -0.39 is 0 Å². The molecule has 0 atom stereocenters. The van der Waals surface area contributed by atoms with Gasteiger partial charge in [0.25, 0.3) is 0 Å². The number of aliphatic hydroxyl groups excluding tert-OH is 2. The fraction of sp³-hybridized carbons (Fsp3) is 0.857. The van der Waals surface area contributed by atoms with Gasteiger partial charge in [-0.2, -0.15) is 5.41 Å². The van der Waals surface area contributed by atoms with E-state index in [0.717, 1.165) is 6.42 Å². The summed E-state index contributed by atoms with van der Waals surface area (Å²) in [6.45, 7) is 19.0. The first-order chi connectivity index (χ1) is 7.38. The van der Waals surface area contributed by atoms with E-state index in [1.165, 1.54) is 19.2 Å². The summed E-state index contributed by atoms with van der Waals surface area (Å²) in [5, 5.41) is 16.1. The Kier molecular flexibility index (Phi) is 28.7. The SMILES string of the molecule is CC(C)O.CC(C)O.CC[C]#[W+].[CH2-]C(C)(C)C. The van der Waals surface area contributed by atoms with Crippen LogP contribution in [0.5, 0.6) is 0 Å². The summed E-state index contributed by atoms with van der Waals surface area (Å²) < 4.78 is 3.01. The molecule has 0 heterocycles. The number of hydrogen-bond acceptors (Lipinski definition) is 2. The van der Waals surface area contributed by atoms with Gasteiger partial charge in [0.15, 0.2) is 0 Å². The van der Waals surface area contributed by atoms with Crippen LogP contribution in [0.15, 0.2) is 0 Å². The minimum Gasteiger partial charge on any atom is -0.338 e. The number of aliphatic hydroxyl groups is 2. The molecule has 0 radical (unpaired) electrons. The van der Waals surface area contributed by atoms with Crippen LogP contribution in [0.2, 0.25) is 0 Å². The van der Waals surface area contributed by atoms with E-state index in [9.17, 15) is 0 Å². The summed E-state index contributed by atoms with van der Waals surface area (Å²) in [5.41, 5.74) is 0.250. The zero-order valence-corrected chi connectivity index (χ0v) is 15.8. The number of rotatable bonds is 0. The van der Waals surface area contributed by atoms with Gasteiger partial charge in [0.2, 0.25) is 0 Å². The molecule has 0 amide bonds. The average molecular weight is 416 g/mol. The van der Waals surface area contributed by atoms with Crippen LogP contribution in [-0.2, 0) is 19.2 Å². The van der Waals surface area contributed by atoms with E-state index in [0.29, 0.717) is 0 Å². The van der Waals surface area contributed by atoms with Crippen LogP contribution < -0.4 is 0 Å². The first-order valence-electron chi connectivity index (χ1n) is 5.94. The molecule has 3 heteroatoms. The predicted molar refractivity (Wildman–Crippen MR) is 73.7 cm³/mol. The van der Waals surface area contributed by atoms with Crippen LogP contribution >= 0.6 is 0 Å². The monoisotopic (exact) mass is 416 g/mol. The van der Waals surface area contributed by atoms with E-state index in [-0.39, 0.29) is 17.6 Å². The number of hydrogen-bond donors (Lipinski definition) is 2. The molecule has 0 saturated heterocycles. The van der Waals surface area contributed by atoms with Gasteiger partial charge in [0.1, 0.15) is 0 Å². The summed E-state index contributed by atoms with van der Waals surface area (Å²) in [4.78, 5) is 0.